The van der Waals surface area contributed by atoms with Gasteiger partial charge in [0.2, 0.25) is 0 Å². The fraction of sp³-hybridized carbons (Fsp3) is 0.0714. The summed E-state index contributed by atoms with van der Waals surface area (Å²) in [6.45, 7) is 0. The van der Waals surface area contributed by atoms with Gasteiger partial charge in [0.1, 0.15) is 5.82 Å². The van der Waals surface area contributed by atoms with Gasteiger partial charge in [-0.05, 0) is 17.7 Å². The van der Waals surface area contributed by atoms with E-state index < -0.39 is 17.5 Å². The Balaban J connectivity index is 2.52. The Bertz CT molecular complexity index is 629. The zero-order valence-corrected chi connectivity index (χ0v) is 9.25. The van der Waals surface area contributed by atoms with Crippen LogP contribution in [-0.4, -0.2) is 0 Å². The molecule has 0 aromatic heterocycles. The van der Waals surface area contributed by atoms with Crippen LogP contribution in [0.4, 0.5) is 13.2 Å². The van der Waals surface area contributed by atoms with Gasteiger partial charge in [-0.15, -0.1) is 0 Å². The van der Waals surface area contributed by atoms with Crippen LogP contribution in [0, 0.1) is 28.8 Å². The van der Waals surface area contributed by atoms with Crippen molar-refractivity contribution >= 4 is 0 Å². The lowest BCUT2D eigenvalue weighted by Gasteiger charge is -2.06. The molecule has 1 nitrogen and oxygen atoms in total. The van der Waals surface area contributed by atoms with Crippen molar-refractivity contribution < 1.29 is 13.2 Å². The topological polar surface area (TPSA) is 23.8 Å². The number of halogens is 3. The molecule has 0 amide bonds. The Hall–Kier alpha value is -2.28. The van der Waals surface area contributed by atoms with Crippen LogP contribution in [-0.2, 0) is 6.42 Å². The first-order chi connectivity index (χ1) is 8.63. The summed E-state index contributed by atoms with van der Waals surface area (Å²) in [4.78, 5) is 0. The van der Waals surface area contributed by atoms with Crippen molar-refractivity contribution in [2.45, 2.75) is 6.42 Å². The smallest absolute Gasteiger partial charge is 0.166 e. The van der Waals surface area contributed by atoms with Crippen molar-refractivity contribution in [1.82, 2.24) is 0 Å². The van der Waals surface area contributed by atoms with E-state index in [0.717, 1.165) is 12.1 Å². The molecule has 2 aromatic carbocycles. The van der Waals surface area contributed by atoms with Crippen LogP contribution in [0.15, 0.2) is 36.4 Å². The lowest BCUT2D eigenvalue weighted by molar-refractivity contribution is 0.510. The summed E-state index contributed by atoms with van der Waals surface area (Å²) < 4.78 is 40.4. The molecule has 2 rings (SSSR count). The number of nitriles is 1. The maximum absolute atomic E-state index is 13.8. The van der Waals surface area contributed by atoms with Crippen LogP contribution in [0.5, 0.6) is 0 Å². The van der Waals surface area contributed by atoms with Crippen molar-refractivity contribution in [3.63, 3.8) is 0 Å². The minimum absolute atomic E-state index is 0.0197. The molecule has 0 aliphatic heterocycles. The third-order valence-corrected chi connectivity index (χ3v) is 2.56. The molecule has 0 unspecified atom stereocenters. The number of hydrogen-bond donors (Lipinski definition) is 0. The molecular weight excluding hydrogens is 239 g/mol. The van der Waals surface area contributed by atoms with Crippen molar-refractivity contribution in [2.24, 2.45) is 0 Å². The first kappa shape index (κ1) is 12.2. The second-order valence-electron chi connectivity index (χ2n) is 3.75. The van der Waals surface area contributed by atoms with Gasteiger partial charge in [-0.3, -0.25) is 0 Å². The zero-order chi connectivity index (χ0) is 13.1. The van der Waals surface area contributed by atoms with Crippen LogP contribution < -0.4 is 0 Å². The summed E-state index contributed by atoms with van der Waals surface area (Å²) in [6, 6.07) is 9.51. The van der Waals surface area contributed by atoms with E-state index in [4.69, 9.17) is 5.26 Å². The summed E-state index contributed by atoms with van der Waals surface area (Å²) in [5.41, 5.74) is 0.347. The quantitative estimate of drug-likeness (QED) is 0.791. The minimum Gasteiger partial charge on any atom is -0.206 e. The third-order valence-electron chi connectivity index (χ3n) is 2.56. The molecule has 0 radical (unpaired) electrons. The van der Waals surface area contributed by atoms with Gasteiger partial charge in [-0.2, -0.15) is 5.26 Å². The maximum atomic E-state index is 13.8. The van der Waals surface area contributed by atoms with Gasteiger partial charge >= 0.3 is 0 Å². The van der Waals surface area contributed by atoms with E-state index in [0.29, 0.717) is 5.56 Å². The third kappa shape index (κ3) is 2.21. The highest BCUT2D eigenvalue weighted by molar-refractivity contribution is 5.65. The molecular formula is C14H8F3N. The molecule has 0 saturated carbocycles. The summed E-state index contributed by atoms with van der Waals surface area (Å²) in [5, 5.41) is 8.50. The summed E-state index contributed by atoms with van der Waals surface area (Å²) in [7, 11) is 0. The lowest BCUT2D eigenvalue weighted by Crippen LogP contribution is -1.93. The minimum atomic E-state index is -1.08. The first-order valence-corrected chi connectivity index (χ1v) is 5.23. The van der Waals surface area contributed by atoms with E-state index in [-0.39, 0.29) is 17.5 Å². The average Bonchev–Trinajstić information content (AvgIpc) is 2.34. The monoisotopic (exact) mass is 247 g/mol. The highest BCUT2D eigenvalue weighted by Gasteiger charge is 2.13. The maximum Gasteiger partial charge on any atom is 0.166 e. The standard InChI is InChI=1S/C14H8F3N/c15-12-3-1-2-11(14(12)17)10-5-4-9(6-7-18)8-13(10)16/h1-5,8H,6H2. The average molecular weight is 247 g/mol. The summed E-state index contributed by atoms with van der Waals surface area (Å²) in [6.07, 6.45) is 0.0723. The largest absolute Gasteiger partial charge is 0.206 e. The first-order valence-electron chi connectivity index (χ1n) is 5.23. The molecule has 0 spiro atoms. The molecule has 0 saturated heterocycles. The van der Waals surface area contributed by atoms with E-state index in [1.807, 2.05) is 6.07 Å². The van der Waals surface area contributed by atoms with E-state index in [1.165, 1.54) is 24.3 Å². The molecule has 0 atom stereocenters. The molecule has 0 fully saturated rings. The second kappa shape index (κ2) is 4.92. The van der Waals surface area contributed by atoms with Gasteiger partial charge in [-0.25, -0.2) is 13.2 Å². The fourth-order valence-corrected chi connectivity index (χ4v) is 1.69. The molecule has 90 valence electrons. The zero-order valence-electron chi connectivity index (χ0n) is 9.25. The molecule has 0 aliphatic carbocycles. The van der Waals surface area contributed by atoms with Crippen LogP contribution in [0.25, 0.3) is 11.1 Å². The van der Waals surface area contributed by atoms with Crippen LogP contribution in [0.3, 0.4) is 0 Å². The molecule has 0 heterocycles. The van der Waals surface area contributed by atoms with E-state index >= 15 is 0 Å². The Labute approximate surface area is 102 Å². The van der Waals surface area contributed by atoms with Crippen molar-refractivity contribution in [3.05, 3.63) is 59.4 Å². The van der Waals surface area contributed by atoms with Gasteiger partial charge in [0.15, 0.2) is 11.6 Å². The number of hydrogen-bond acceptors (Lipinski definition) is 1. The molecule has 0 bridgehead atoms. The van der Waals surface area contributed by atoms with Gasteiger partial charge in [-0.1, -0.05) is 24.3 Å². The van der Waals surface area contributed by atoms with E-state index in [2.05, 4.69) is 0 Å². The normalized spacial score (nSPS) is 10.1. The number of nitrogens with zero attached hydrogens (tertiary/aromatic N) is 1. The van der Waals surface area contributed by atoms with E-state index in [1.54, 1.807) is 0 Å². The molecule has 4 heteroatoms. The van der Waals surface area contributed by atoms with Crippen LogP contribution >= 0.6 is 0 Å². The van der Waals surface area contributed by atoms with Crippen molar-refractivity contribution in [2.75, 3.05) is 0 Å². The second-order valence-corrected chi connectivity index (χ2v) is 3.75. The number of benzene rings is 2. The summed E-state index contributed by atoms with van der Waals surface area (Å²) >= 11 is 0. The molecule has 2 aromatic rings. The predicted octanol–water partition coefficient (Wildman–Crippen LogP) is 3.84. The van der Waals surface area contributed by atoms with Crippen molar-refractivity contribution in [1.29, 1.82) is 5.26 Å². The van der Waals surface area contributed by atoms with Gasteiger partial charge in [0, 0.05) is 11.1 Å². The van der Waals surface area contributed by atoms with Gasteiger partial charge < -0.3 is 0 Å². The Kier molecular flexibility index (Phi) is 3.33. The summed E-state index contributed by atoms with van der Waals surface area (Å²) in [5.74, 6) is -2.77. The van der Waals surface area contributed by atoms with Gasteiger partial charge in [0.25, 0.3) is 0 Å². The Morgan fingerprint density at radius 1 is 0.944 bits per heavy atom. The SMILES string of the molecule is N#CCc1ccc(-c2cccc(F)c2F)c(F)c1. The Morgan fingerprint density at radius 3 is 2.39 bits per heavy atom. The number of rotatable bonds is 2. The van der Waals surface area contributed by atoms with Gasteiger partial charge in [0.05, 0.1) is 12.5 Å². The van der Waals surface area contributed by atoms with Crippen molar-refractivity contribution in [3.8, 4) is 17.2 Å². The molecule has 18 heavy (non-hydrogen) atoms. The predicted molar refractivity (Wildman–Crippen MR) is 61.1 cm³/mol. The van der Waals surface area contributed by atoms with Crippen LogP contribution in [0.1, 0.15) is 5.56 Å². The molecule has 0 aliphatic rings. The highest BCUT2D eigenvalue weighted by atomic mass is 19.2. The highest BCUT2D eigenvalue weighted by Crippen LogP contribution is 2.27. The fourth-order valence-electron chi connectivity index (χ4n) is 1.69. The van der Waals surface area contributed by atoms with Crippen LogP contribution in [0.2, 0.25) is 0 Å². The molecule has 0 N–H and O–H groups in total. The Morgan fingerprint density at radius 2 is 1.72 bits per heavy atom. The lowest BCUT2D eigenvalue weighted by atomic mass is 10.0. The van der Waals surface area contributed by atoms with E-state index in [9.17, 15) is 13.2 Å².